The Morgan fingerprint density at radius 2 is 1.82 bits per heavy atom. The number of aryl methyl sites for hydroxylation is 2. The van der Waals surface area contributed by atoms with Gasteiger partial charge < -0.3 is 23.8 Å². The lowest BCUT2D eigenvalue weighted by Crippen LogP contribution is -2.42. The number of aromatic nitrogens is 1. The molecule has 3 heterocycles. The number of hydrogen-bond acceptors (Lipinski definition) is 5. The van der Waals surface area contributed by atoms with Crippen molar-refractivity contribution in [2.75, 3.05) is 20.8 Å². The number of nitrogens with one attached hydrogen (secondary N) is 1. The second-order valence-electron chi connectivity index (χ2n) is 8.63. The predicted molar refractivity (Wildman–Crippen MR) is 129 cm³/mol. The number of carbonyl (C=O) groups excluding carboxylic acids is 1. The van der Waals surface area contributed by atoms with Crippen LogP contribution in [0.25, 0.3) is 10.9 Å². The van der Waals surface area contributed by atoms with E-state index in [0.29, 0.717) is 30.0 Å². The number of hydrogen-bond donors (Lipinski definition) is 1. The molecule has 0 saturated carbocycles. The van der Waals surface area contributed by atoms with Gasteiger partial charge in [-0.05, 0) is 78.7 Å². The number of amides is 1. The number of carbonyl (C=O) groups is 1. The molecular formula is C27H26N2O5. The second-order valence-corrected chi connectivity index (χ2v) is 8.63. The summed E-state index contributed by atoms with van der Waals surface area (Å²) in [5, 5.41) is 0.921. The number of methoxy groups -OCH3 is 2. The Hall–Kier alpha value is -4.00. The highest BCUT2D eigenvalue weighted by molar-refractivity contribution is 5.92. The van der Waals surface area contributed by atoms with Crippen molar-refractivity contribution in [1.29, 1.82) is 0 Å². The van der Waals surface area contributed by atoms with Crippen LogP contribution in [-0.2, 0) is 6.42 Å². The van der Waals surface area contributed by atoms with E-state index < -0.39 is 6.04 Å². The summed E-state index contributed by atoms with van der Waals surface area (Å²) < 4.78 is 16.5. The van der Waals surface area contributed by atoms with E-state index in [4.69, 9.17) is 13.9 Å². The van der Waals surface area contributed by atoms with E-state index in [-0.39, 0.29) is 17.2 Å². The molecule has 0 aliphatic carbocycles. The van der Waals surface area contributed by atoms with E-state index in [1.807, 2.05) is 44.2 Å². The summed E-state index contributed by atoms with van der Waals surface area (Å²) in [6.45, 7) is 4.43. The van der Waals surface area contributed by atoms with Crippen molar-refractivity contribution in [1.82, 2.24) is 9.88 Å². The van der Waals surface area contributed by atoms with Gasteiger partial charge in [0.2, 0.25) is 0 Å². The van der Waals surface area contributed by atoms with E-state index in [1.54, 1.807) is 31.3 Å². The molecule has 7 heteroatoms. The number of furan rings is 1. The Kier molecular flexibility index (Phi) is 5.40. The van der Waals surface area contributed by atoms with Crippen LogP contribution >= 0.6 is 0 Å². The average Bonchev–Trinajstić information content (AvgIpc) is 3.37. The van der Waals surface area contributed by atoms with Gasteiger partial charge in [-0.3, -0.25) is 9.59 Å². The molecule has 1 aliphatic rings. The molecule has 4 aromatic rings. The molecular weight excluding hydrogens is 432 g/mol. The van der Waals surface area contributed by atoms with Gasteiger partial charge in [0.05, 0.1) is 32.0 Å². The second kappa shape index (κ2) is 8.41. The predicted octanol–water partition coefficient (Wildman–Crippen LogP) is 4.54. The number of ether oxygens (including phenoxy) is 2. The van der Waals surface area contributed by atoms with Gasteiger partial charge in [-0.2, -0.15) is 0 Å². The third-order valence-electron chi connectivity index (χ3n) is 6.48. The van der Waals surface area contributed by atoms with Crippen molar-refractivity contribution in [2.24, 2.45) is 0 Å². The number of H-pyrrole nitrogens is 1. The lowest BCUT2D eigenvalue weighted by molar-refractivity contribution is 0.0660. The minimum atomic E-state index is -0.616. The number of pyridine rings is 1. The van der Waals surface area contributed by atoms with Crippen LogP contribution in [0.15, 0.2) is 57.9 Å². The van der Waals surface area contributed by atoms with Crippen LogP contribution in [0.3, 0.4) is 0 Å². The SMILES string of the molecule is COc1cc2c(cc1OC)C(c1cc3cc(C)cc(C)c3[nH]c1=O)N(C(=O)c1ccco1)CC2. The van der Waals surface area contributed by atoms with Crippen LogP contribution < -0.4 is 15.0 Å². The Labute approximate surface area is 196 Å². The fourth-order valence-corrected chi connectivity index (χ4v) is 4.95. The smallest absolute Gasteiger partial charge is 0.290 e. The summed E-state index contributed by atoms with van der Waals surface area (Å²) in [7, 11) is 3.16. The first-order valence-corrected chi connectivity index (χ1v) is 11.1. The van der Waals surface area contributed by atoms with Crippen LogP contribution in [0.1, 0.15) is 44.4 Å². The lowest BCUT2D eigenvalue weighted by atomic mass is 9.87. The van der Waals surface area contributed by atoms with Gasteiger partial charge in [-0.15, -0.1) is 0 Å². The standard InChI is InChI=1S/C27H26N2O5/c1-15-10-16(2)24-18(11-15)12-20(26(30)28-24)25-19-14-23(33-4)22(32-3)13-17(19)7-8-29(25)27(31)21-6-5-9-34-21/h5-6,9-14,25H,7-8H2,1-4H3,(H,28,30). The molecule has 5 rings (SSSR count). The lowest BCUT2D eigenvalue weighted by Gasteiger charge is -2.37. The van der Waals surface area contributed by atoms with Gasteiger partial charge in [0.15, 0.2) is 17.3 Å². The van der Waals surface area contributed by atoms with Crippen LogP contribution in [0, 0.1) is 13.8 Å². The quantitative estimate of drug-likeness (QED) is 0.485. The van der Waals surface area contributed by atoms with Gasteiger partial charge in [-0.1, -0.05) is 11.6 Å². The molecule has 0 bridgehead atoms. The highest BCUT2D eigenvalue weighted by Crippen LogP contribution is 2.41. The third-order valence-corrected chi connectivity index (χ3v) is 6.48. The molecule has 0 spiro atoms. The third kappa shape index (κ3) is 3.53. The van der Waals surface area contributed by atoms with Crippen molar-refractivity contribution in [2.45, 2.75) is 26.3 Å². The van der Waals surface area contributed by atoms with Crippen LogP contribution in [0.5, 0.6) is 11.5 Å². The van der Waals surface area contributed by atoms with Gasteiger partial charge in [0.25, 0.3) is 11.5 Å². The first kappa shape index (κ1) is 21.8. The fraction of sp³-hybridized carbons (Fsp3) is 0.259. The summed E-state index contributed by atoms with van der Waals surface area (Å²) >= 11 is 0. The summed E-state index contributed by atoms with van der Waals surface area (Å²) in [6, 6.07) is 12.5. The first-order valence-electron chi connectivity index (χ1n) is 11.1. The number of fused-ring (bicyclic) bond motifs is 2. The van der Waals surface area contributed by atoms with Gasteiger partial charge in [0.1, 0.15) is 0 Å². The maximum atomic E-state index is 13.5. The normalized spacial score (nSPS) is 15.3. The molecule has 1 atom stereocenters. The molecule has 2 aromatic heterocycles. The molecule has 1 N–H and O–H groups in total. The van der Waals surface area contributed by atoms with Crippen LogP contribution in [-0.4, -0.2) is 36.6 Å². The Morgan fingerprint density at radius 1 is 1.06 bits per heavy atom. The molecule has 7 nitrogen and oxygen atoms in total. The Balaban J connectivity index is 1.76. The molecule has 34 heavy (non-hydrogen) atoms. The van der Waals surface area contributed by atoms with Gasteiger partial charge in [0, 0.05) is 12.1 Å². The monoisotopic (exact) mass is 458 g/mol. The van der Waals surface area contributed by atoms with E-state index in [2.05, 4.69) is 4.98 Å². The molecule has 0 saturated heterocycles. The maximum absolute atomic E-state index is 13.5. The molecule has 0 radical (unpaired) electrons. The minimum absolute atomic E-state index is 0.232. The molecule has 1 unspecified atom stereocenters. The van der Waals surface area contributed by atoms with Crippen molar-refractivity contribution >= 4 is 16.8 Å². The van der Waals surface area contributed by atoms with Crippen LogP contribution in [0.2, 0.25) is 0 Å². The number of benzene rings is 2. The first-order chi connectivity index (χ1) is 16.4. The molecule has 174 valence electrons. The van der Waals surface area contributed by atoms with Crippen molar-refractivity contribution in [3.8, 4) is 11.5 Å². The van der Waals surface area contributed by atoms with E-state index >= 15 is 0 Å². The van der Waals surface area contributed by atoms with Crippen molar-refractivity contribution in [3.05, 3.63) is 92.7 Å². The minimum Gasteiger partial charge on any atom is -0.493 e. The number of nitrogens with zero attached hydrogens (tertiary/aromatic N) is 1. The summed E-state index contributed by atoms with van der Waals surface area (Å²) in [5.41, 5.74) is 4.99. The van der Waals surface area contributed by atoms with Gasteiger partial charge >= 0.3 is 0 Å². The van der Waals surface area contributed by atoms with E-state index in [9.17, 15) is 9.59 Å². The Bertz CT molecular complexity index is 1450. The number of rotatable bonds is 4. The summed E-state index contributed by atoms with van der Waals surface area (Å²) in [4.78, 5) is 31.7. The fourth-order valence-electron chi connectivity index (χ4n) is 4.95. The highest BCUT2D eigenvalue weighted by atomic mass is 16.5. The van der Waals surface area contributed by atoms with Gasteiger partial charge in [-0.25, -0.2) is 0 Å². The summed E-state index contributed by atoms with van der Waals surface area (Å²) in [5.74, 6) is 1.13. The number of aromatic amines is 1. The average molecular weight is 459 g/mol. The topological polar surface area (TPSA) is 84.8 Å². The van der Waals surface area contributed by atoms with Crippen molar-refractivity contribution < 1.29 is 18.7 Å². The van der Waals surface area contributed by atoms with E-state index in [0.717, 1.165) is 33.2 Å². The van der Waals surface area contributed by atoms with Crippen LogP contribution in [0.4, 0.5) is 0 Å². The maximum Gasteiger partial charge on any atom is 0.290 e. The zero-order valence-electron chi connectivity index (χ0n) is 19.6. The molecule has 1 amide bonds. The molecule has 2 aromatic carbocycles. The molecule has 0 fully saturated rings. The zero-order chi connectivity index (χ0) is 24.0. The Morgan fingerprint density at radius 3 is 2.53 bits per heavy atom. The van der Waals surface area contributed by atoms with Crippen molar-refractivity contribution in [3.63, 3.8) is 0 Å². The highest BCUT2D eigenvalue weighted by Gasteiger charge is 2.36. The van der Waals surface area contributed by atoms with E-state index in [1.165, 1.54) is 6.26 Å². The molecule has 1 aliphatic heterocycles. The summed E-state index contributed by atoms with van der Waals surface area (Å²) in [6.07, 6.45) is 2.09. The zero-order valence-corrected chi connectivity index (χ0v) is 19.6. The largest absolute Gasteiger partial charge is 0.493 e.